The number of aliphatic carboxylic acids is 1. The Bertz CT molecular complexity index is 224. The second-order valence-electron chi connectivity index (χ2n) is 2.00. The minimum atomic E-state index is -0.775. The summed E-state index contributed by atoms with van der Waals surface area (Å²) in [6.45, 7) is 0. The fraction of sp³-hybridized carbons (Fsp3) is 0.600. The number of hydrogen-bond acceptors (Lipinski definition) is 5. The molecule has 0 radical (unpaired) electrons. The summed E-state index contributed by atoms with van der Waals surface area (Å²) in [6.07, 6.45) is 1.44. The fourth-order valence-electron chi connectivity index (χ4n) is 0.638. The maximum absolute atomic E-state index is 10.1. The fourth-order valence-corrected chi connectivity index (χ4v) is 1.11. The number of hydrogen-bond donors (Lipinski definition) is 1. The van der Waals surface area contributed by atoms with Crippen molar-refractivity contribution >= 4 is 17.5 Å². The number of aryl methyl sites for hydroxylation is 1. The topological polar surface area (TPSA) is 76.0 Å². The molecule has 60 valence electrons. The molecule has 1 rings (SSSR count). The largest absolute Gasteiger partial charge is 0.481 e. The molecule has 0 bridgehead atoms. The van der Waals surface area contributed by atoms with Crippen molar-refractivity contribution in [1.82, 2.24) is 14.8 Å². The SMILES string of the molecule is O=C(O)CCCc1nnns1. The van der Waals surface area contributed by atoms with E-state index in [2.05, 4.69) is 14.8 Å². The Morgan fingerprint density at radius 2 is 2.45 bits per heavy atom. The predicted octanol–water partition coefficient (Wildman–Crippen LogP) is 0.340. The van der Waals surface area contributed by atoms with Gasteiger partial charge in [0, 0.05) is 24.4 Å². The molecule has 1 aromatic heterocycles. The van der Waals surface area contributed by atoms with Crippen LogP contribution in [0.25, 0.3) is 0 Å². The zero-order chi connectivity index (χ0) is 8.10. The molecular weight excluding hydrogens is 166 g/mol. The highest BCUT2D eigenvalue weighted by Crippen LogP contribution is 2.03. The molecule has 0 aliphatic rings. The van der Waals surface area contributed by atoms with Crippen LogP contribution in [0.1, 0.15) is 17.8 Å². The van der Waals surface area contributed by atoms with Crippen LogP contribution in [0.4, 0.5) is 0 Å². The molecule has 6 heteroatoms. The Morgan fingerprint density at radius 3 is 3.00 bits per heavy atom. The molecule has 0 fully saturated rings. The molecule has 0 amide bonds. The number of carboxylic acid groups (broad SMARTS) is 1. The van der Waals surface area contributed by atoms with Crippen molar-refractivity contribution in [1.29, 1.82) is 0 Å². The first kappa shape index (κ1) is 8.06. The Labute approximate surface area is 67.2 Å². The molecule has 5 nitrogen and oxygen atoms in total. The first-order valence-electron chi connectivity index (χ1n) is 3.15. The van der Waals surface area contributed by atoms with Crippen LogP contribution < -0.4 is 0 Å². The van der Waals surface area contributed by atoms with Crippen LogP contribution in [-0.2, 0) is 11.2 Å². The summed E-state index contributed by atoms with van der Waals surface area (Å²) in [5.74, 6) is -0.775. The highest BCUT2D eigenvalue weighted by atomic mass is 32.1. The molecule has 1 N–H and O–H groups in total. The van der Waals surface area contributed by atoms with Crippen molar-refractivity contribution in [3.8, 4) is 0 Å². The molecule has 0 atom stereocenters. The lowest BCUT2D eigenvalue weighted by Gasteiger charge is -1.89. The summed E-state index contributed by atoms with van der Waals surface area (Å²) >= 11 is 1.21. The highest BCUT2D eigenvalue weighted by Gasteiger charge is 2.00. The smallest absolute Gasteiger partial charge is 0.303 e. The van der Waals surface area contributed by atoms with Gasteiger partial charge in [-0.05, 0) is 11.6 Å². The van der Waals surface area contributed by atoms with Gasteiger partial charge >= 0.3 is 5.97 Å². The van der Waals surface area contributed by atoms with Crippen molar-refractivity contribution in [2.45, 2.75) is 19.3 Å². The number of nitrogens with zero attached hydrogens (tertiary/aromatic N) is 3. The standard InChI is InChI=1S/C5H7N3O2S/c9-5(10)3-1-2-4-6-7-8-11-4/h1-3H2,(H,9,10). The van der Waals surface area contributed by atoms with Gasteiger partial charge in [0.2, 0.25) is 0 Å². The summed E-state index contributed by atoms with van der Waals surface area (Å²) in [4.78, 5) is 10.1. The summed E-state index contributed by atoms with van der Waals surface area (Å²) in [6, 6.07) is 0. The van der Waals surface area contributed by atoms with Crippen molar-refractivity contribution in [2.75, 3.05) is 0 Å². The molecular formula is C5H7N3O2S. The summed E-state index contributed by atoms with van der Waals surface area (Å²) in [5, 5.41) is 16.2. The van der Waals surface area contributed by atoms with Crippen molar-refractivity contribution in [2.24, 2.45) is 0 Å². The average molecular weight is 173 g/mol. The van der Waals surface area contributed by atoms with Crippen LogP contribution >= 0.6 is 11.5 Å². The van der Waals surface area contributed by atoms with Crippen LogP contribution in [0.15, 0.2) is 0 Å². The van der Waals surface area contributed by atoms with Crippen molar-refractivity contribution < 1.29 is 9.90 Å². The van der Waals surface area contributed by atoms with Crippen molar-refractivity contribution in [3.63, 3.8) is 0 Å². The van der Waals surface area contributed by atoms with Gasteiger partial charge in [-0.2, -0.15) is 0 Å². The van der Waals surface area contributed by atoms with E-state index in [1.807, 2.05) is 0 Å². The van der Waals surface area contributed by atoms with E-state index in [-0.39, 0.29) is 6.42 Å². The van der Waals surface area contributed by atoms with Crippen LogP contribution in [-0.4, -0.2) is 25.9 Å². The van der Waals surface area contributed by atoms with Crippen LogP contribution in [0.2, 0.25) is 0 Å². The van der Waals surface area contributed by atoms with Crippen molar-refractivity contribution in [3.05, 3.63) is 5.01 Å². The van der Waals surface area contributed by atoms with E-state index in [9.17, 15) is 4.79 Å². The normalized spacial score (nSPS) is 9.82. The second kappa shape index (κ2) is 3.97. The molecule has 0 aliphatic heterocycles. The average Bonchev–Trinajstić information content (AvgIpc) is 2.39. The Balaban J connectivity index is 2.19. The first-order valence-corrected chi connectivity index (χ1v) is 3.92. The molecule has 0 aromatic carbocycles. The Kier molecular flexibility index (Phi) is 2.91. The van der Waals surface area contributed by atoms with Gasteiger partial charge in [-0.1, -0.05) is 4.49 Å². The summed E-state index contributed by atoms with van der Waals surface area (Å²) in [7, 11) is 0. The number of aromatic nitrogens is 3. The van der Waals surface area contributed by atoms with Crippen LogP contribution in [0.3, 0.4) is 0 Å². The third-order valence-corrected chi connectivity index (χ3v) is 1.77. The number of carboxylic acids is 1. The number of rotatable bonds is 4. The number of carbonyl (C=O) groups is 1. The third-order valence-electron chi connectivity index (χ3n) is 1.12. The third kappa shape index (κ3) is 3.03. The van der Waals surface area contributed by atoms with E-state index in [0.717, 1.165) is 5.01 Å². The molecule has 0 unspecified atom stereocenters. The van der Waals surface area contributed by atoms with Gasteiger partial charge in [0.1, 0.15) is 5.01 Å². The van der Waals surface area contributed by atoms with Gasteiger partial charge in [-0.3, -0.25) is 4.79 Å². The molecule has 0 spiro atoms. The van der Waals surface area contributed by atoms with E-state index in [0.29, 0.717) is 12.8 Å². The monoisotopic (exact) mass is 173 g/mol. The van der Waals surface area contributed by atoms with E-state index in [1.165, 1.54) is 11.5 Å². The highest BCUT2D eigenvalue weighted by molar-refractivity contribution is 7.05. The molecule has 0 aliphatic carbocycles. The first-order chi connectivity index (χ1) is 5.29. The van der Waals surface area contributed by atoms with Crippen LogP contribution in [0.5, 0.6) is 0 Å². The molecule has 0 saturated heterocycles. The van der Waals surface area contributed by atoms with E-state index >= 15 is 0 Å². The van der Waals surface area contributed by atoms with Crippen LogP contribution in [0, 0.1) is 0 Å². The van der Waals surface area contributed by atoms with E-state index < -0.39 is 5.97 Å². The lowest BCUT2D eigenvalue weighted by atomic mass is 10.2. The minimum Gasteiger partial charge on any atom is -0.481 e. The summed E-state index contributed by atoms with van der Waals surface area (Å²) < 4.78 is 3.55. The van der Waals surface area contributed by atoms with Gasteiger partial charge in [0.05, 0.1) is 0 Å². The van der Waals surface area contributed by atoms with E-state index in [1.54, 1.807) is 0 Å². The lowest BCUT2D eigenvalue weighted by molar-refractivity contribution is -0.137. The van der Waals surface area contributed by atoms with Gasteiger partial charge in [0.25, 0.3) is 0 Å². The quantitative estimate of drug-likeness (QED) is 0.710. The molecule has 11 heavy (non-hydrogen) atoms. The Morgan fingerprint density at radius 1 is 1.64 bits per heavy atom. The molecule has 1 heterocycles. The lowest BCUT2D eigenvalue weighted by Crippen LogP contribution is -1.95. The maximum Gasteiger partial charge on any atom is 0.303 e. The second-order valence-corrected chi connectivity index (χ2v) is 2.82. The predicted molar refractivity (Wildman–Crippen MR) is 38.3 cm³/mol. The maximum atomic E-state index is 10.1. The van der Waals surface area contributed by atoms with Gasteiger partial charge < -0.3 is 5.11 Å². The summed E-state index contributed by atoms with van der Waals surface area (Å²) in [5.41, 5.74) is 0. The zero-order valence-corrected chi connectivity index (χ0v) is 6.54. The molecule has 1 aromatic rings. The van der Waals surface area contributed by atoms with Gasteiger partial charge in [0.15, 0.2) is 0 Å². The van der Waals surface area contributed by atoms with E-state index in [4.69, 9.17) is 5.11 Å². The van der Waals surface area contributed by atoms with Gasteiger partial charge in [-0.25, -0.2) is 0 Å². The van der Waals surface area contributed by atoms with Gasteiger partial charge in [-0.15, -0.1) is 5.10 Å². The minimum absolute atomic E-state index is 0.180. The molecule has 0 saturated carbocycles. The zero-order valence-electron chi connectivity index (χ0n) is 5.73. The Hall–Kier alpha value is -1.04.